The van der Waals surface area contributed by atoms with Gasteiger partial charge in [0.05, 0.1) is 22.5 Å². The van der Waals surface area contributed by atoms with Crippen LogP contribution in [-0.4, -0.2) is 0 Å². The molecule has 80 heavy (non-hydrogen) atoms. The molecule has 12 aromatic rings. The monoisotopic (exact) mass is 1020 g/mol. The molecule has 2 heteroatoms. The van der Waals surface area contributed by atoms with Gasteiger partial charge in [0.15, 0.2) is 0 Å². The average Bonchev–Trinajstić information content (AvgIpc) is 2.96. The number of fused-ring (bicyclic) bond motifs is 6. The molecule has 1 fully saturated rings. The van der Waals surface area contributed by atoms with Gasteiger partial charge in [0, 0.05) is 28.0 Å². The Hall–Kier alpha value is -9.50. The smallest absolute Gasteiger partial charge is 0.0714 e. The lowest BCUT2D eigenvalue weighted by molar-refractivity contribution is 0.350. The van der Waals surface area contributed by atoms with Gasteiger partial charge in [-0.1, -0.05) is 237 Å². The lowest BCUT2D eigenvalue weighted by Gasteiger charge is -2.40. The number of anilines is 6. The van der Waals surface area contributed by atoms with Gasteiger partial charge in [-0.25, -0.2) is 0 Å². The summed E-state index contributed by atoms with van der Waals surface area (Å²) in [6.45, 7) is 0. The normalized spacial score (nSPS) is 17.7. The van der Waals surface area contributed by atoms with E-state index in [9.17, 15) is 0 Å². The fraction of sp³-hybridized carbons (Fsp3) is 0.103. The lowest BCUT2D eigenvalue weighted by Crippen LogP contribution is -2.34. The molecule has 380 valence electrons. The quantitative estimate of drug-likeness (QED) is 0.135. The van der Waals surface area contributed by atoms with Crippen molar-refractivity contribution in [2.24, 2.45) is 11.8 Å². The lowest BCUT2D eigenvalue weighted by atomic mass is 9.67. The van der Waals surface area contributed by atoms with Gasteiger partial charge < -0.3 is 9.80 Å². The Morgan fingerprint density at radius 3 is 1.46 bits per heavy atom. The fourth-order valence-corrected chi connectivity index (χ4v) is 15.8. The van der Waals surface area contributed by atoms with Crippen LogP contribution in [0.3, 0.4) is 0 Å². The highest BCUT2D eigenvalue weighted by Crippen LogP contribution is 2.69. The first kappa shape index (κ1) is 46.6. The van der Waals surface area contributed by atoms with Gasteiger partial charge in [-0.2, -0.15) is 0 Å². The predicted octanol–water partition coefficient (Wildman–Crippen LogP) is 19.9. The first-order chi connectivity index (χ1) is 39.7. The van der Waals surface area contributed by atoms with Crippen molar-refractivity contribution in [3.8, 4) is 33.4 Å². The van der Waals surface area contributed by atoms with Crippen molar-refractivity contribution < 1.29 is 0 Å². The number of para-hydroxylation sites is 2. The Kier molecular flexibility index (Phi) is 10.8. The summed E-state index contributed by atoms with van der Waals surface area (Å²) in [5.41, 5.74) is 25.1. The summed E-state index contributed by atoms with van der Waals surface area (Å²) in [6.07, 6.45) is 4.51. The zero-order chi connectivity index (χ0) is 52.8. The Balaban J connectivity index is 0.927. The van der Waals surface area contributed by atoms with E-state index in [4.69, 9.17) is 0 Å². The molecule has 1 spiro atoms. The second-order valence-electron chi connectivity index (χ2n) is 22.6. The van der Waals surface area contributed by atoms with Crippen LogP contribution < -0.4 is 9.80 Å². The van der Waals surface area contributed by atoms with E-state index in [2.05, 4.69) is 301 Å². The van der Waals surface area contributed by atoms with Crippen LogP contribution in [-0.2, 0) is 23.7 Å². The molecule has 12 aromatic carbocycles. The van der Waals surface area contributed by atoms with E-state index in [-0.39, 0.29) is 5.41 Å². The van der Waals surface area contributed by atoms with Gasteiger partial charge in [-0.05, 0) is 175 Å². The third-order valence-corrected chi connectivity index (χ3v) is 18.8. The van der Waals surface area contributed by atoms with Crippen molar-refractivity contribution in [2.75, 3.05) is 9.80 Å². The number of benzene rings is 12. The molecule has 0 aliphatic heterocycles. The third kappa shape index (κ3) is 6.85. The summed E-state index contributed by atoms with van der Waals surface area (Å²) in [6, 6.07) is 110. The second-order valence-corrected chi connectivity index (χ2v) is 22.6. The minimum absolute atomic E-state index is 0.239. The van der Waals surface area contributed by atoms with Crippen molar-refractivity contribution in [3.05, 3.63) is 336 Å². The number of rotatable bonds is 10. The van der Waals surface area contributed by atoms with Gasteiger partial charge in [-0.3, -0.25) is 0 Å². The van der Waals surface area contributed by atoms with E-state index in [1.807, 2.05) is 0 Å². The molecule has 4 aliphatic carbocycles. The summed E-state index contributed by atoms with van der Waals surface area (Å²) in [5, 5.41) is 2.48. The van der Waals surface area contributed by atoms with Crippen LogP contribution in [0.2, 0.25) is 0 Å². The molecule has 0 bridgehead atoms. The molecule has 0 radical (unpaired) electrons. The minimum Gasteiger partial charge on any atom is -0.310 e. The molecule has 3 unspecified atom stereocenters. The Morgan fingerprint density at radius 2 is 0.825 bits per heavy atom. The number of nitrogens with zero attached hydrogens (tertiary/aromatic N) is 2. The zero-order valence-corrected chi connectivity index (χ0v) is 44.6. The van der Waals surface area contributed by atoms with Crippen molar-refractivity contribution in [1.29, 1.82) is 0 Å². The maximum absolute atomic E-state index is 2.64. The summed E-state index contributed by atoms with van der Waals surface area (Å²) in [7, 11) is 0. The van der Waals surface area contributed by atoms with E-state index in [0.717, 1.165) is 24.2 Å². The molecule has 0 amide bonds. The molecule has 0 heterocycles. The summed E-state index contributed by atoms with van der Waals surface area (Å²) >= 11 is 0. The van der Waals surface area contributed by atoms with Crippen LogP contribution in [0.1, 0.15) is 57.3 Å². The fourth-order valence-electron chi connectivity index (χ4n) is 15.8. The van der Waals surface area contributed by atoms with E-state index < -0.39 is 5.41 Å². The van der Waals surface area contributed by atoms with Gasteiger partial charge >= 0.3 is 0 Å². The molecular formula is C78H58N2. The predicted molar refractivity (Wildman–Crippen MR) is 332 cm³/mol. The molecule has 16 rings (SSSR count). The Bertz CT molecular complexity index is 4260. The van der Waals surface area contributed by atoms with Crippen molar-refractivity contribution in [2.45, 2.75) is 36.5 Å². The Labute approximate surface area is 469 Å². The summed E-state index contributed by atoms with van der Waals surface area (Å²) < 4.78 is 0. The van der Waals surface area contributed by atoms with Crippen LogP contribution in [0.4, 0.5) is 34.1 Å². The second kappa shape index (κ2) is 18.6. The molecular weight excluding hydrogens is 965 g/mol. The van der Waals surface area contributed by atoms with Gasteiger partial charge in [0.1, 0.15) is 0 Å². The molecule has 0 saturated heterocycles. The van der Waals surface area contributed by atoms with Crippen LogP contribution >= 0.6 is 0 Å². The zero-order valence-electron chi connectivity index (χ0n) is 44.6. The van der Waals surface area contributed by atoms with E-state index in [0.29, 0.717) is 11.8 Å². The summed E-state index contributed by atoms with van der Waals surface area (Å²) in [4.78, 5) is 5.27. The number of hydrogen-bond acceptors (Lipinski definition) is 2. The van der Waals surface area contributed by atoms with Crippen LogP contribution in [0, 0.1) is 11.8 Å². The van der Waals surface area contributed by atoms with E-state index >= 15 is 0 Å². The van der Waals surface area contributed by atoms with Crippen molar-refractivity contribution in [3.63, 3.8) is 0 Å². The van der Waals surface area contributed by atoms with E-state index in [1.54, 1.807) is 0 Å². The molecule has 0 aromatic heterocycles. The largest absolute Gasteiger partial charge is 0.310 e. The van der Waals surface area contributed by atoms with Crippen LogP contribution in [0.15, 0.2) is 291 Å². The summed E-state index contributed by atoms with van der Waals surface area (Å²) in [5.74, 6) is 0.891. The highest BCUT2D eigenvalue weighted by molar-refractivity contribution is 6.06. The average molecular weight is 1020 g/mol. The SMILES string of the molecule is c1ccc(-c2ccc(-c3c(N(c4ccccc4)c4cccc5c4C46c7c(cccc7N(c7ccccc7)c7ccc8c(c7)C(c7ccccc7)(c7ccccc7)c7ccccc7-8)CC4CCC6C5)ccc4ccccc34)cc2)cc1. The highest BCUT2D eigenvalue weighted by atomic mass is 15.2. The molecule has 4 aliphatic rings. The minimum atomic E-state index is -0.530. The topological polar surface area (TPSA) is 6.48 Å². The molecule has 3 atom stereocenters. The van der Waals surface area contributed by atoms with Gasteiger partial charge in [0.25, 0.3) is 0 Å². The van der Waals surface area contributed by atoms with Crippen molar-refractivity contribution in [1.82, 2.24) is 0 Å². The first-order valence-corrected chi connectivity index (χ1v) is 28.7. The van der Waals surface area contributed by atoms with Gasteiger partial charge in [0.2, 0.25) is 0 Å². The maximum atomic E-state index is 2.64. The number of hydrogen-bond donors (Lipinski definition) is 0. The van der Waals surface area contributed by atoms with Crippen molar-refractivity contribution >= 4 is 44.9 Å². The third-order valence-electron chi connectivity index (χ3n) is 18.8. The molecule has 1 saturated carbocycles. The molecule has 0 N–H and O–H groups in total. The standard InChI is InChI=1S/C78H58N2/c1-6-22-53(23-7-1)54-40-42-56(43-41-54)74-66-35-17-16-24-55(66)44-49-71(74)80(64-33-14-5-15-34-64)73-39-21-26-58-51-62-46-45-61-50-57-25-20-38-72(75(57)78(61,62)76(58)73)79(63-31-12-4-13-32-63)65-47-48-68-67-36-18-19-37-69(67)77(70(68)52-65,59-27-8-2-9-28-59)60-29-10-3-11-30-60/h1-44,47-49,52,61-62H,45-46,50-51H2. The maximum Gasteiger partial charge on any atom is 0.0714 e. The van der Waals surface area contributed by atoms with E-state index in [1.165, 1.54) is 124 Å². The Morgan fingerprint density at radius 1 is 0.325 bits per heavy atom. The highest BCUT2D eigenvalue weighted by Gasteiger charge is 2.62. The molecule has 2 nitrogen and oxygen atoms in total. The van der Waals surface area contributed by atoms with Crippen LogP contribution in [0.25, 0.3) is 44.2 Å². The first-order valence-electron chi connectivity index (χ1n) is 28.7. The van der Waals surface area contributed by atoms with Crippen LogP contribution in [0.5, 0.6) is 0 Å². The van der Waals surface area contributed by atoms with Gasteiger partial charge in [-0.15, -0.1) is 0 Å².